The van der Waals surface area contributed by atoms with Gasteiger partial charge in [-0.3, -0.25) is 0 Å². The van der Waals surface area contributed by atoms with Crippen molar-refractivity contribution in [3.63, 3.8) is 0 Å². The summed E-state index contributed by atoms with van der Waals surface area (Å²) in [6.07, 6.45) is 0. The highest BCUT2D eigenvalue weighted by molar-refractivity contribution is 7.98. The van der Waals surface area contributed by atoms with Crippen molar-refractivity contribution in [3.8, 4) is 5.75 Å². The maximum Gasteiger partial charge on any atom is 0.226 e. The fourth-order valence-corrected chi connectivity index (χ4v) is 2.40. The van der Waals surface area contributed by atoms with Crippen LogP contribution in [-0.2, 0) is 11.2 Å². The number of rotatable bonds is 4. The van der Waals surface area contributed by atoms with Gasteiger partial charge < -0.3 is 14.9 Å². The van der Waals surface area contributed by atoms with Crippen LogP contribution < -0.4 is 10.5 Å². The zero-order valence-electron chi connectivity index (χ0n) is 12.1. The Morgan fingerprint density at radius 1 is 1.30 bits per heavy atom. The van der Waals surface area contributed by atoms with E-state index >= 15 is 0 Å². The van der Waals surface area contributed by atoms with Crippen LogP contribution in [0, 0.1) is 0 Å². The Morgan fingerprint density at radius 3 is 2.65 bits per heavy atom. The Labute approximate surface area is 122 Å². The number of nitrogens with zero attached hydrogens (tertiary/aromatic N) is 2. The van der Waals surface area contributed by atoms with Crippen molar-refractivity contribution >= 4 is 17.4 Å². The Hall–Kier alpha value is -1.69. The van der Waals surface area contributed by atoms with Crippen molar-refractivity contribution in [2.24, 2.45) is 0 Å². The first-order chi connectivity index (χ1) is 9.40. The average molecular weight is 293 g/mol. The van der Waals surface area contributed by atoms with Gasteiger partial charge in [-0.25, -0.2) is 0 Å². The SMILES string of the molecule is COc1cc(N)ccc1SCc1nnc(C(C)(C)C)o1. The second-order valence-corrected chi connectivity index (χ2v) is 6.47. The normalized spacial score (nSPS) is 11.6. The number of thioether (sulfide) groups is 1. The van der Waals surface area contributed by atoms with Crippen LogP contribution in [0.2, 0.25) is 0 Å². The predicted octanol–water partition coefficient (Wildman–Crippen LogP) is 3.25. The summed E-state index contributed by atoms with van der Waals surface area (Å²) in [6, 6.07) is 5.58. The van der Waals surface area contributed by atoms with Crippen LogP contribution in [0.3, 0.4) is 0 Å². The molecule has 108 valence electrons. The number of hydrogen-bond acceptors (Lipinski definition) is 6. The van der Waals surface area contributed by atoms with Crippen LogP contribution in [0.4, 0.5) is 5.69 Å². The second-order valence-electron chi connectivity index (χ2n) is 5.45. The lowest BCUT2D eigenvalue weighted by atomic mass is 9.97. The molecule has 1 heterocycles. The van der Waals surface area contributed by atoms with Crippen molar-refractivity contribution < 1.29 is 9.15 Å². The average Bonchev–Trinajstić information content (AvgIpc) is 2.86. The standard InChI is InChI=1S/C14H19N3O2S/c1-14(2,3)13-17-16-12(19-13)8-20-11-6-5-9(15)7-10(11)18-4/h5-7H,8,15H2,1-4H3. The largest absolute Gasteiger partial charge is 0.496 e. The first-order valence-corrected chi connectivity index (χ1v) is 7.28. The number of aromatic nitrogens is 2. The van der Waals surface area contributed by atoms with E-state index in [9.17, 15) is 0 Å². The monoisotopic (exact) mass is 293 g/mol. The van der Waals surface area contributed by atoms with Gasteiger partial charge in [0.25, 0.3) is 0 Å². The zero-order valence-corrected chi connectivity index (χ0v) is 13.0. The molecular weight excluding hydrogens is 274 g/mol. The molecule has 2 aromatic rings. The van der Waals surface area contributed by atoms with Gasteiger partial charge in [0, 0.05) is 22.1 Å². The molecule has 0 radical (unpaired) electrons. The summed E-state index contributed by atoms with van der Waals surface area (Å²) in [7, 11) is 1.63. The Balaban J connectivity index is 2.07. The van der Waals surface area contributed by atoms with Gasteiger partial charge >= 0.3 is 0 Å². The summed E-state index contributed by atoms with van der Waals surface area (Å²) in [5, 5.41) is 8.14. The molecule has 0 atom stereocenters. The lowest BCUT2D eigenvalue weighted by molar-refractivity contribution is 0.378. The Kier molecular flexibility index (Phi) is 4.23. The van der Waals surface area contributed by atoms with Gasteiger partial charge in [0.05, 0.1) is 12.9 Å². The van der Waals surface area contributed by atoms with Crippen LogP contribution in [0.25, 0.3) is 0 Å². The lowest BCUT2D eigenvalue weighted by Crippen LogP contribution is -2.11. The van der Waals surface area contributed by atoms with Gasteiger partial charge in [-0.15, -0.1) is 22.0 Å². The molecule has 0 aliphatic heterocycles. The number of methoxy groups -OCH3 is 1. The molecule has 0 aliphatic carbocycles. The third-order valence-electron chi connectivity index (χ3n) is 2.65. The van der Waals surface area contributed by atoms with Crippen LogP contribution in [0.15, 0.2) is 27.5 Å². The van der Waals surface area contributed by atoms with E-state index < -0.39 is 0 Å². The van der Waals surface area contributed by atoms with Gasteiger partial charge in [-0.05, 0) is 12.1 Å². The molecular formula is C14H19N3O2S. The van der Waals surface area contributed by atoms with Crippen molar-refractivity contribution in [1.82, 2.24) is 10.2 Å². The first-order valence-electron chi connectivity index (χ1n) is 6.29. The molecule has 0 spiro atoms. The van der Waals surface area contributed by atoms with E-state index in [2.05, 4.69) is 10.2 Å². The third kappa shape index (κ3) is 3.45. The number of nitrogens with two attached hydrogens (primary N) is 1. The maximum atomic E-state index is 5.73. The molecule has 5 nitrogen and oxygen atoms in total. The highest BCUT2D eigenvalue weighted by atomic mass is 32.2. The number of benzene rings is 1. The maximum absolute atomic E-state index is 5.73. The van der Waals surface area contributed by atoms with Crippen molar-refractivity contribution in [2.75, 3.05) is 12.8 Å². The zero-order chi connectivity index (χ0) is 14.8. The molecule has 2 rings (SSSR count). The number of ether oxygens (including phenoxy) is 1. The van der Waals surface area contributed by atoms with Crippen LogP contribution in [-0.4, -0.2) is 17.3 Å². The molecule has 0 saturated heterocycles. The lowest BCUT2D eigenvalue weighted by Gasteiger charge is -2.11. The molecule has 20 heavy (non-hydrogen) atoms. The van der Waals surface area contributed by atoms with E-state index in [0.717, 1.165) is 10.6 Å². The summed E-state index contributed by atoms with van der Waals surface area (Å²) in [5.41, 5.74) is 6.28. The highest BCUT2D eigenvalue weighted by Gasteiger charge is 2.21. The quantitative estimate of drug-likeness (QED) is 0.689. The summed E-state index contributed by atoms with van der Waals surface area (Å²) in [5.74, 6) is 2.62. The summed E-state index contributed by atoms with van der Waals surface area (Å²) in [4.78, 5) is 0.997. The van der Waals surface area contributed by atoms with Crippen LogP contribution in [0.5, 0.6) is 5.75 Å². The minimum atomic E-state index is -0.130. The molecule has 2 N–H and O–H groups in total. The second kappa shape index (κ2) is 5.75. The van der Waals surface area contributed by atoms with Gasteiger partial charge in [-0.1, -0.05) is 20.8 Å². The smallest absolute Gasteiger partial charge is 0.226 e. The predicted molar refractivity (Wildman–Crippen MR) is 80.0 cm³/mol. The molecule has 0 aliphatic rings. The number of nitrogen functional groups attached to an aromatic ring is 1. The fourth-order valence-electron chi connectivity index (χ4n) is 1.56. The van der Waals surface area contributed by atoms with E-state index in [1.807, 2.05) is 32.9 Å². The molecule has 1 aromatic heterocycles. The molecule has 0 saturated carbocycles. The molecule has 6 heteroatoms. The highest BCUT2D eigenvalue weighted by Crippen LogP contribution is 2.33. The Morgan fingerprint density at radius 2 is 2.05 bits per heavy atom. The molecule has 0 unspecified atom stereocenters. The summed E-state index contributed by atoms with van der Waals surface area (Å²) in [6.45, 7) is 6.13. The summed E-state index contributed by atoms with van der Waals surface area (Å²) < 4.78 is 11.0. The van der Waals surface area contributed by atoms with Crippen LogP contribution >= 0.6 is 11.8 Å². The molecule has 1 aromatic carbocycles. The van der Waals surface area contributed by atoms with E-state index in [1.165, 1.54) is 0 Å². The minimum absolute atomic E-state index is 0.130. The van der Waals surface area contributed by atoms with E-state index in [1.54, 1.807) is 24.9 Å². The minimum Gasteiger partial charge on any atom is -0.496 e. The first kappa shape index (κ1) is 14.7. The fraction of sp³-hybridized carbons (Fsp3) is 0.429. The number of anilines is 1. The molecule has 0 fully saturated rings. The third-order valence-corrected chi connectivity index (χ3v) is 3.69. The molecule has 0 bridgehead atoms. The van der Waals surface area contributed by atoms with Gasteiger partial charge in [0.1, 0.15) is 5.75 Å². The van der Waals surface area contributed by atoms with Crippen LogP contribution in [0.1, 0.15) is 32.6 Å². The van der Waals surface area contributed by atoms with E-state index in [-0.39, 0.29) is 5.41 Å². The summed E-state index contributed by atoms with van der Waals surface area (Å²) >= 11 is 1.58. The molecule has 0 amide bonds. The van der Waals surface area contributed by atoms with Gasteiger partial charge in [-0.2, -0.15) is 0 Å². The Bertz CT molecular complexity index is 590. The van der Waals surface area contributed by atoms with E-state index in [4.69, 9.17) is 14.9 Å². The van der Waals surface area contributed by atoms with Crippen molar-refractivity contribution in [2.45, 2.75) is 36.8 Å². The van der Waals surface area contributed by atoms with Crippen molar-refractivity contribution in [1.29, 1.82) is 0 Å². The van der Waals surface area contributed by atoms with Crippen molar-refractivity contribution in [3.05, 3.63) is 30.0 Å². The van der Waals surface area contributed by atoms with E-state index in [0.29, 0.717) is 23.2 Å². The topological polar surface area (TPSA) is 74.2 Å². The van der Waals surface area contributed by atoms with Gasteiger partial charge in [0.2, 0.25) is 11.8 Å². The number of hydrogen-bond donors (Lipinski definition) is 1. The van der Waals surface area contributed by atoms with Gasteiger partial charge in [0.15, 0.2) is 0 Å².